The first-order chi connectivity index (χ1) is 12.7. The summed E-state index contributed by atoms with van der Waals surface area (Å²) in [6.45, 7) is -0.0319. The molecule has 0 aliphatic carbocycles. The maximum atomic E-state index is 12.0. The van der Waals surface area contributed by atoms with Crippen molar-refractivity contribution in [1.82, 2.24) is 0 Å². The molecule has 1 amide bonds. The number of hydrogen-bond donors (Lipinski definition) is 2. The quantitative estimate of drug-likeness (QED) is 0.662. The van der Waals surface area contributed by atoms with Crippen LogP contribution in [0.5, 0.6) is 11.5 Å². The molecule has 3 aromatic carbocycles. The number of carbonyl (C=O) groups is 1. The zero-order valence-corrected chi connectivity index (χ0v) is 14.4. The highest BCUT2D eigenvalue weighted by molar-refractivity contribution is 5.92. The van der Waals surface area contributed by atoms with Crippen LogP contribution >= 0.6 is 0 Å². The second kappa shape index (κ2) is 8.58. The lowest BCUT2D eigenvalue weighted by atomic mass is 10.2. The predicted octanol–water partition coefficient (Wildman–Crippen LogP) is 4.46. The molecule has 0 unspecified atom stereocenters. The molecule has 132 valence electrons. The number of methoxy groups -OCH3 is 1. The summed E-state index contributed by atoms with van der Waals surface area (Å²) >= 11 is 0. The van der Waals surface area contributed by atoms with Gasteiger partial charge in [0.15, 0.2) is 6.61 Å². The summed E-state index contributed by atoms with van der Waals surface area (Å²) in [5.41, 5.74) is 2.60. The van der Waals surface area contributed by atoms with Crippen molar-refractivity contribution in [2.24, 2.45) is 0 Å². The molecule has 0 aromatic heterocycles. The zero-order chi connectivity index (χ0) is 18.2. The Labute approximate surface area is 152 Å². The zero-order valence-electron chi connectivity index (χ0n) is 14.4. The fraction of sp³-hybridized carbons (Fsp3) is 0.0952. The van der Waals surface area contributed by atoms with E-state index < -0.39 is 0 Å². The minimum atomic E-state index is -0.204. The summed E-state index contributed by atoms with van der Waals surface area (Å²) in [6.07, 6.45) is 0. The van der Waals surface area contributed by atoms with Crippen molar-refractivity contribution in [2.75, 3.05) is 24.4 Å². The van der Waals surface area contributed by atoms with Crippen LogP contribution in [0.15, 0.2) is 78.9 Å². The van der Waals surface area contributed by atoms with E-state index in [1.807, 2.05) is 78.9 Å². The van der Waals surface area contributed by atoms with Gasteiger partial charge in [-0.25, -0.2) is 0 Å². The van der Waals surface area contributed by atoms with Gasteiger partial charge in [-0.15, -0.1) is 0 Å². The molecule has 0 saturated carbocycles. The monoisotopic (exact) mass is 348 g/mol. The van der Waals surface area contributed by atoms with Crippen LogP contribution in [-0.2, 0) is 4.79 Å². The van der Waals surface area contributed by atoms with Crippen molar-refractivity contribution in [3.05, 3.63) is 78.9 Å². The molecule has 0 bridgehead atoms. The Kier molecular flexibility index (Phi) is 5.72. The van der Waals surface area contributed by atoms with E-state index in [4.69, 9.17) is 9.47 Å². The Balaban J connectivity index is 1.51. The SMILES string of the molecule is COc1ccc(Nc2ccc(NC(=O)COc3ccccc3)cc2)cc1. The van der Waals surface area contributed by atoms with Crippen molar-refractivity contribution in [3.63, 3.8) is 0 Å². The molecule has 0 heterocycles. The fourth-order valence-electron chi connectivity index (χ4n) is 2.34. The van der Waals surface area contributed by atoms with Crippen molar-refractivity contribution >= 4 is 23.0 Å². The number of anilines is 3. The molecule has 0 radical (unpaired) electrons. The standard InChI is InChI=1S/C21H20N2O3/c1-25-19-13-11-17(12-14-19)22-16-7-9-18(10-8-16)23-21(24)15-26-20-5-3-2-4-6-20/h2-14,22H,15H2,1H3,(H,23,24). The van der Waals surface area contributed by atoms with Gasteiger partial charge in [0.05, 0.1) is 7.11 Å². The van der Waals surface area contributed by atoms with Crippen molar-refractivity contribution < 1.29 is 14.3 Å². The van der Waals surface area contributed by atoms with E-state index in [-0.39, 0.29) is 12.5 Å². The van der Waals surface area contributed by atoms with Gasteiger partial charge in [0.25, 0.3) is 5.91 Å². The Morgan fingerprint density at radius 1 is 0.769 bits per heavy atom. The lowest BCUT2D eigenvalue weighted by Gasteiger charge is -2.10. The molecule has 3 rings (SSSR count). The Morgan fingerprint density at radius 2 is 1.35 bits per heavy atom. The molecule has 2 N–H and O–H groups in total. The highest BCUT2D eigenvalue weighted by atomic mass is 16.5. The summed E-state index contributed by atoms with van der Waals surface area (Å²) in [4.78, 5) is 12.0. The topological polar surface area (TPSA) is 59.6 Å². The van der Waals surface area contributed by atoms with E-state index in [9.17, 15) is 4.79 Å². The molecule has 0 saturated heterocycles. The maximum Gasteiger partial charge on any atom is 0.262 e. The normalized spacial score (nSPS) is 10.0. The lowest BCUT2D eigenvalue weighted by Crippen LogP contribution is -2.20. The second-order valence-electron chi connectivity index (χ2n) is 5.58. The Bertz CT molecular complexity index is 831. The first-order valence-corrected chi connectivity index (χ1v) is 8.22. The van der Waals surface area contributed by atoms with Gasteiger partial charge >= 0.3 is 0 Å². The molecule has 3 aromatic rings. The number of ether oxygens (including phenoxy) is 2. The highest BCUT2D eigenvalue weighted by Gasteiger charge is 2.04. The van der Waals surface area contributed by atoms with Gasteiger partial charge in [-0.2, -0.15) is 0 Å². The van der Waals surface area contributed by atoms with Crippen LogP contribution < -0.4 is 20.1 Å². The fourth-order valence-corrected chi connectivity index (χ4v) is 2.34. The Morgan fingerprint density at radius 3 is 1.96 bits per heavy atom. The number of benzene rings is 3. The number of para-hydroxylation sites is 1. The molecule has 0 aliphatic heterocycles. The number of nitrogens with one attached hydrogen (secondary N) is 2. The van der Waals surface area contributed by atoms with E-state index in [0.29, 0.717) is 11.4 Å². The lowest BCUT2D eigenvalue weighted by molar-refractivity contribution is -0.118. The highest BCUT2D eigenvalue weighted by Crippen LogP contribution is 2.21. The van der Waals surface area contributed by atoms with E-state index in [1.54, 1.807) is 7.11 Å². The van der Waals surface area contributed by atoms with E-state index in [2.05, 4.69) is 10.6 Å². The molecule has 0 spiro atoms. The Hall–Kier alpha value is -3.47. The molecule has 5 heteroatoms. The summed E-state index contributed by atoms with van der Waals surface area (Å²) in [5.74, 6) is 1.28. The molecule has 0 atom stereocenters. The largest absolute Gasteiger partial charge is 0.497 e. The number of rotatable bonds is 7. The third-order valence-electron chi connectivity index (χ3n) is 3.66. The van der Waals surface area contributed by atoms with Gasteiger partial charge < -0.3 is 20.1 Å². The summed E-state index contributed by atoms with van der Waals surface area (Å²) < 4.78 is 10.6. The molecule has 26 heavy (non-hydrogen) atoms. The summed E-state index contributed by atoms with van der Waals surface area (Å²) in [7, 11) is 1.64. The number of carbonyl (C=O) groups excluding carboxylic acids is 1. The first kappa shape index (κ1) is 17.4. The molecular formula is C21H20N2O3. The van der Waals surface area contributed by atoms with Gasteiger partial charge in [-0.05, 0) is 60.7 Å². The van der Waals surface area contributed by atoms with Crippen molar-refractivity contribution in [2.45, 2.75) is 0 Å². The van der Waals surface area contributed by atoms with Crippen LogP contribution in [0.1, 0.15) is 0 Å². The predicted molar refractivity (Wildman–Crippen MR) is 103 cm³/mol. The van der Waals surface area contributed by atoms with E-state index in [0.717, 1.165) is 17.1 Å². The second-order valence-corrected chi connectivity index (χ2v) is 5.58. The van der Waals surface area contributed by atoms with Crippen LogP contribution in [0.3, 0.4) is 0 Å². The van der Waals surface area contributed by atoms with Gasteiger partial charge in [0.2, 0.25) is 0 Å². The van der Waals surface area contributed by atoms with Crippen molar-refractivity contribution in [1.29, 1.82) is 0 Å². The van der Waals surface area contributed by atoms with Crippen LogP contribution in [0.2, 0.25) is 0 Å². The number of amides is 1. The van der Waals surface area contributed by atoms with Crippen LogP contribution in [0.4, 0.5) is 17.1 Å². The maximum absolute atomic E-state index is 12.0. The molecular weight excluding hydrogens is 328 g/mol. The van der Waals surface area contributed by atoms with Gasteiger partial charge in [0.1, 0.15) is 11.5 Å². The molecule has 0 aliphatic rings. The minimum Gasteiger partial charge on any atom is -0.497 e. The van der Waals surface area contributed by atoms with E-state index >= 15 is 0 Å². The first-order valence-electron chi connectivity index (χ1n) is 8.22. The molecule has 0 fully saturated rings. The summed E-state index contributed by atoms with van der Waals surface area (Å²) in [5, 5.41) is 6.10. The van der Waals surface area contributed by atoms with Gasteiger partial charge in [-0.1, -0.05) is 18.2 Å². The third kappa shape index (κ3) is 5.01. The van der Waals surface area contributed by atoms with E-state index in [1.165, 1.54) is 0 Å². The average molecular weight is 348 g/mol. The van der Waals surface area contributed by atoms with Crippen LogP contribution in [0, 0.1) is 0 Å². The third-order valence-corrected chi connectivity index (χ3v) is 3.66. The number of hydrogen-bond acceptors (Lipinski definition) is 4. The minimum absolute atomic E-state index is 0.0319. The van der Waals surface area contributed by atoms with Crippen LogP contribution in [-0.4, -0.2) is 19.6 Å². The average Bonchev–Trinajstić information content (AvgIpc) is 2.69. The summed E-state index contributed by atoms with van der Waals surface area (Å²) in [6, 6.07) is 24.4. The molecule has 5 nitrogen and oxygen atoms in total. The smallest absolute Gasteiger partial charge is 0.262 e. The van der Waals surface area contributed by atoms with Gasteiger partial charge in [0, 0.05) is 17.1 Å². The van der Waals surface area contributed by atoms with Crippen LogP contribution in [0.25, 0.3) is 0 Å². The van der Waals surface area contributed by atoms with Crippen molar-refractivity contribution in [3.8, 4) is 11.5 Å². The van der Waals surface area contributed by atoms with Gasteiger partial charge in [-0.3, -0.25) is 4.79 Å².